The van der Waals surface area contributed by atoms with Crippen LogP contribution in [0.4, 0.5) is 0 Å². The summed E-state index contributed by atoms with van der Waals surface area (Å²) < 4.78 is 23.1. The molecule has 50 heavy (non-hydrogen) atoms. The van der Waals surface area contributed by atoms with Crippen LogP contribution < -0.4 is 10.2 Å². The van der Waals surface area contributed by atoms with Crippen LogP contribution in [0, 0.1) is 0 Å². The number of hydrogen-bond donors (Lipinski definition) is 2. The molecule has 3 atom stereocenters. The summed E-state index contributed by atoms with van der Waals surface area (Å²) in [7, 11) is 1.26. The number of carbonyl (C=O) groups excluding carboxylic acids is 1. The lowest BCUT2D eigenvalue weighted by Crippen LogP contribution is -2.45. The smallest absolute Gasteiger partial charge is 0.268 e. The Hall–Kier alpha value is -1.02. The van der Waals surface area contributed by atoms with Gasteiger partial charge in [-0.1, -0.05) is 154 Å². The van der Waals surface area contributed by atoms with Crippen LogP contribution in [0.25, 0.3) is 0 Å². The van der Waals surface area contributed by atoms with Crippen molar-refractivity contribution in [2.75, 3.05) is 40.9 Å². The SMILES string of the molecule is CCCCCC/C=C\CCCCCCCC(=O)NC(COP(=O)([O-])OCC[N+](C)(C)C)C(O)/C=C/CCCCCCCCCCCCCCC. The van der Waals surface area contributed by atoms with E-state index in [1.165, 1.54) is 109 Å². The predicted molar refractivity (Wildman–Crippen MR) is 210 cm³/mol. The van der Waals surface area contributed by atoms with Crippen molar-refractivity contribution >= 4 is 13.7 Å². The fourth-order valence-corrected chi connectivity index (χ4v) is 6.52. The summed E-state index contributed by atoms with van der Waals surface area (Å²) in [4.78, 5) is 25.2. The topological polar surface area (TPSA) is 108 Å². The minimum Gasteiger partial charge on any atom is -0.756 e. The Bertz CT molecular complexity index is 876. The maximum atomic E-state index is 12.8. The average molecular weight is 729 g/mol. The first kappa shape index (κ1) is 49.0. The molecule has 296 valence electrons. The van der Waals surface area contributed by atoms with E-state index in [1.54, 1.807) is 6.08 Å². The number of aliphatic hydroxyl groups excluding tert-OH is 1. The summed E-state index contributed by atoms with van der Waals surface area (Å²) in [6, 6.07) is -0.886. The molecule has 0 aliphatic carbocycles. The van der Waals surface area contributed by atoms with Gasteiger partial charge in [0.25, 0.3) is 7.82 Å². The Labute approximate surface area is 309 Å². The third-order valence-electron chi connectivity index (χ3n) is 9.16. The minimum absolute atomic E-state index is 0.00177. The number of phosphoric acid groups is 1. The van der Waals surface area contributed by atoms with E-state index in [9.17, 15) is 19.4 Å². The predicted octanol–water partition coefficient (Wildman–Crippen LogP) is 10.3. The molecule has 0 spiro atoms. The number of quaternary nitrogens is 1. The van der Waals surface area contributed by atoms with Crippen molar-refractivity contribution in [3.8, 4) is 0 Å². The number of aliphatic hydroxyl groups is 1. The lowest BCUT2D eigenvalue weighted by Gasteiger charge is -2.29. The molecule has 0 bridgehead atoms. The molecular formula is C41H81N2O6P. The molecule has 3 unspecified atom stereocenters. The van der Waals surface area contributed by atoms with E-state index in [2.05, 4.69) is 31.3 Å². The van der Waals surface area contributed by atoms with E-state index < -0.39 is 20.0 Å². The molecule has 0 radical (unpaired) electrons. The Kier molecular flexibility index (Phi) is 33.1. The number of carbonyl (C=O) groups is 1. The first-order valence-corrected chi connectivity index (χ1v) is 22.2. The number of nitrogens with zero attached hydrogens (tertiary/aromatic N) is 1. The highest BCUT2D eigenvalue weighted by Crippen LogP contribution is 2.38. The molecule has 0 aromatic rings. The highest BCUT2D eigenvalue weighted by Gasteiger charge is 2.23. The second-order valence-electron chi connectivity index (χ2n) is 15.3. The molecule has 2 N–H and O–H groups in total. The number of unbranched alkanes of at least 4 members (excludes halogenated alkanes) is 22. The van der Waals surface area contributed by atoms with Gasteiger partial charge in [-0.25, -0.2) is 0 Å². The van der Waals surface area contributed by atoms with Crippen LogP contribution in [0.15, 0.2) is 24.3 Å². The van der Waals surface area contributed by atoms with Crippen LogP contribution in [-0.4, -0.2) is 68.5 Å². The van der Waals surface area contributed by atoms with Crippen molar-refractivity contribution in [2.24, 2.45) is 0 Å². The summed E-state index contributed by atoms with van der Waals surface area (Å²) in [5.74, 6) is -0.208. The van der Waals surface area contributed by atoms with E-state index in [4.69, 9.17) is 9.05 Å². The quantitative estimate of drug-likeness (QED) is 0.0285. The Morgan fingerprint density at radius 2 is 1.10 bits per heavy atom. The molecule has 0 heterocycles. The lowest BCUT2D eigenvalue weighted by atomic mass is 10.0. The fourth-order valence-electron chi connectivity index (χ4n) is 5.79. The summed E-state index contributed by atoms with van der Waals surface area (Å²) in [5.41, 5.74) is 0. The fraction of sp³-hybridized carbons (Fsp3) is 0.878. The van der Waals surface area contributed by atoms with Gasteiger partial charge < -0.3 is 28.8 Å². The molecule has 0 saturated heterocycles. The van der Waals surface area contributed by atoms with Gasteiger partial charge in [-0.05, 0) is 44.9 Å². The molecule has 0 fully saturated rings. The van der Waals surface area contributed by atoms with Crippen LogP contribution in [0.3, 0.4) is 0 Å². The van der Waals surface area contributed by atoms with Gasteiger partial charge in [0, 0.05) is 6.42 Å². The van der Waals surface area contributed by atoms with E-state index in [-0.39, 0.29) is 19.1 Å². The normalized spacial score (nSPS) is 14.8. The summed E-state index contributed by atoms with van der Waals surface area (Å²) in [6.07, 6.45) is 37.8. The van der Waals surface area contributed by atoms with E-state index in [0.717, 1.165) is 51.4 Å². The summed E-state index contributed by atoms with van der Waals surface area (Å²) in [5, 5.41) is 13.7. The molecule has 0 aromatic carbocycles. The number of phosphoric ester groups is 1. The largest absolute Gasteiger partial charge is 0.756 e. The van der Waals surface area contributed by atoms with E-state index in [1.807, 2.05) is 27.2 Å². The highest BCUT2D eigenvalue weighted by molar-refractivity contribution is 7.45. The summed E-state index contributed by atoms with van der Waals surface area (Å²) >= 11 is 0. The van der Waals surface area contributed by atoms with Crippen molar-refractivity contribution in [3.63, 3.8) is 0 Å². The number of amides is 1. The van der Waals surface area contributed by atoms with Crippen LogP contribution >= 0.6 is 7.82 Å². The zero-order valence-electron chi connectivity index (χ0n) is 33.4. The third kappa shape index (κ3) is 35.4. The Balaban J connectivity index is 4.50. The van der Waals surface area contributed by atoms with Crippen LogP contribution in [0.2, 0.25) is 0 Å². The first-order valence-electron chi connectivity index (χ1n) is 20.7. The van der Waals surface area contributed by atoms with Crippen molar-refractivity contribution in [1.82, 2.24) is 5.32 Å². The Morgan fingerprint density at radius 3 is 1.58 bits per heavy atom. The second kappa shape index (κ2) is 33.8. The molecular weight excluding hydrogens is 647 g/mol. The molecule has 9 heteroatoms. The average Bonchev–Trinajstić information content (AvgIpc) is 3.06. The van der Waals surface area contributed by atoms with Crippen LogP contribution in [0.1, 0.15) is 181 Å². The first-order chi connectivity index (χ1) is 24.0. The van der Waals surface area contributed by atoms with Crippen molar-refractivity contribution in [1.29, 1.82) is 0 Å². The number of allylic oxidation sites excluding steroid dienone is 3. The maximum absolute atomic E-state index is 12.8. The van der Waals surface area contributed by atoms with Crippen molar-refractivity contribution in [3.05, 3.63) is 24.3 Å². The molecule has 0 rings (SSSR count). The van der Waals surface area contributed by atoms with Gasteiger partial charge in [-0.2, -0.15) is 0 Å². The molecule has 0 aromatic heterocycles. The van der Waals surface area contributed by atoms with Gasteiger partial charge in [0.1, 0.15) is 13.2 Å². The second-order valence-corrected chi connectivity index (χ2v) is 16.8. The highest BCUT2D eigenvalue weighted by atomic mass is 31.2. The van der Waals surface area contributed by atoms with Crippen molar-refractivity contribution < 1.29 is 32.9 Å². The standard InChI is InChI=1S/C41H81N2O6P/c1-6-8-10-12-14-16-18-20-21-23-24-26-28-30-32-34-40(44)39(38-49-50(46,47)48-37-36-43(3,4)5)42-41(45)35-33-31-29-27-25-22-19-17-15-13-11-9-7-2/h17,19,32,34,39-40,44H,6-16,18,20-31,33,35-38H2,1-5H3,(H-,42,45,46,47)/b19-17-,34-32+. The molecule has 1 amide bonds. The minimum atomic E-state index is -4.58. The van der Waals surface area contributed by atoms with Crippen LogP contribution in [-0.2, 0) is 18.4 Å². The molecule has 0 aliphatic rings. The maximum Gasteiger partial charge on any atom is 0.268 e. The summed E-state index contributed by atoms with van der Waals surface area (Å²) in [6.45, 7) is 4.61. The van der Waals surface area contributed by atoms with E-state index in [0.29, 0.717) is 17.4 Å². The zero-order valence-corrected chi connectivity index (χ0v) is 34.2. The molecule has 0 aliphatic heterocycles. The van der Waals surface area contributed by atoms with Gasteiger partial charge in [0.2, 0.25) is 5.91 Å². The van der Waals surface area contributed by atoms with Gasteiger partial charge >= 0.3 is 0 Å². The number of nitrogens with one attached hydrogen (secondary N) is 1. The number of hydrogen-bond acceptors (Lipinski definition) is 6. The van der Waals surface area contributed by atoms with E-state index >= 15 is 0 Å². The number of likely N-dealkylation sites (N-methyl/N-ethyl adjacent to an activating group) is 1. The van der Waals surface area contributed by atoms with Crippen LogP contribution in [0.5, 0.6) is 0 Å². The van der Waals surface area contributed by atoms with Gasteiger partial charge in [-0.3, -0.25) is 9.36 Å². The van der Waals surface area contributed by atoms with Gasteiger partial charge in [0.15, 0.2) is 0 Å². The monoisotopic (exact) mass is 729 g/mol. The number of rotatable bonds is 37. The third-order valence-corrected chi connectivity index (χ3v) is 10.1. The zero-order chi connectivity index (χ0) is 37.2. The molecule has 0 saturated carbocycles. The van der Waals surface area contributed by atoms with Crippen molar-refractivity contribution in [2.45, 2.75) is 193 Å². The lowest BCUT2D eigenvalue weighted by molar-refractivity contribution is -0.870. The molecule has 8 nitrogen and oxygen atoms in total. The Morgan fingerprint density at radius 1 is 0.680 bits per heavy atom. The van der Waals surface area contributed by atoms with Gasteiger partial charge in [0.05, 0.1) is 39.9 Å². The van der Waals surface area contributed by atoms with Gasteiger partial charge in [-0.15, -0.1) is 0 Å².